The highest BCUT2D eigenvalue weighted by Gasteiger charge is 2.26. The van der Waals surface area contributed by atoms with E-state index < -0.39 is 6.04 Å². The van der Waals surface area contributed by atoms with E-state index in [1.807, 2.05) is 38.1 Å². The molecule has 2 rings (SSSR count). The minimum atomic E-state index is -0.515. The zero-order chi connectivity index (χ0) is 22.1. The van der Waals surface area contributed by atoms with Gasteiger partial charge in [-0.15, -0.1) is 0 Å². The van der Waals surface area contributed by atoms with E-state index in [1.54, 1.807) is 4.90 Å². The second-order valence-corrected chi connectivity index (χ2v) is 8.43. The van der Waals surface area contributed by atoms with Crippen molar-refractivity contribution in [3.8, 4) is 0 Å². The van der Waals surface area contributed by atoms with E-state index in [4.69, 9.17) is 0 Å². The molecule has 0 unspecified atom stereocenters. The number of nitrogens with zero attached hydrogens (tertiary/aromatic N) is 1. The van der Waals surface area contributed by atoms with Crippen LogP contribution in [0.3, 0.4) is 0 Å². The molecule has 4 heteroatoms. The minimum Gasteiger partial charge on any atom is -0.354 e. The lowest BCUT2D eigenvalue weighted by atomic mass is 10.0. The van der Waals surface area contributed by atoms with Gasteiger partial charge in [0.25, 0.3) is 0 Å². The van der Waals surface area contributed by atoms with E-state index >= 15 is 0 Å². The van der Waals surface area contributed by atoms with Gasteiger partial charge >= 0.3 is 0 Å². The first kappa shape index (κ1) is 23.7. The molecule has 0 aliphatic rings. The molecule has 162 valence electrons. The number of nitrogens with one attached hydrogen (secondary N) is 1. The lowest BCUT2D eigenvalue weighted by Gasteiger charge is -2.29. The molecule has 0 bridgehead atoms. The quantitative estimate of drug-likeness (QED) is 0.620. The molecule has 1 N–H and O–H groups in total. The first-order chi connectivity index (χ1) is 14.3. The van der Waals surface area contributed by atoms with Gasteiger partial charge in [-0.2, -0.15) is 0 Å². The molecule has 0 heterocycles. The summed E-state index contributed by atoms with van der Waals surface area (Å²) in [4.78, 5) is 27.6. The lowest BCUT2D eigenvalue weighted by Crippen LogP contribution is -2.48. The van der Waals surface area contributed by atoms with Crippen LogP contribution in [0, 0.1) is 12.8 Å². The third-order valence-corrected chi connectivity index (χ3v) is 5.51. The fourth-order valence-electron chi connectivity index (χ4n) is 3.34. The van der Waals surface area contributed by atoms with E-state index in [0.29, 0.717) is 31.8 Å². The van der Waals surface area contributed by atoms with Crippen LogP contribution in [-0.2, 0) is 29.0 Å². The average molecular weight is 409 g/mol. The van der Waals surface area contributed by atoms with Crippen LogP contribution in [0.5, 0.6) is 0 Å². The molecule has 4 nitrogen and oxygen atoms in total. The SMILES string of the molecule is CCc1ccc(CCC(=O)N(Cc2ccccc2C)[C@H](C)C(=O)NCC(C)C)cc1. The minimum absolute atomic E-state index is 0.00465. The standard InChI is InChI=1S/C26H36N2O2/c1-6-22-11-13-23(14-12-22)15-16-25(29)28(18-24-10-8-7-9-20(24)4)21(5)26(30)27-17-19(2)3/h7-14,19,21H,6,15-18H2,1-5H3,(H,27,30)/t21-/m1/s1. The van der Waals surface area contributed by atoms with Crippen LogP contribution in [-0.4, -0.2) is 29.3 Å². The van der Waals surface area contributed by atoms with Gasteiger partial charge in [0.2, 0.25) is 11.8 Å². The Bertz CT molecular complexity index is 827. The third kappa shape index (κ3) is 7.01. The maximum absolute atomic E-state index is 13.2. The van der Waals surface area contributed by atoms with Gasteiger partial charge in [0.1, 0.15) is 6.04 Å². The molecule has 1 atom stereocenters. The van der Waals surface area contributed by atoms with Gasteiger partial charge in [0.15, 0.2) is 0 Å². The number of hydrogen-bond acceptors (Lipinski definition) is 2. The van der Waals surface area contributed by atoms with Gasteiger partial charge in [-0.25, -0.2) is 0 Å². The Hall–Kier alpha value is -2.62. The summed E-state index contributed by atoms with van der Waals surface area (Å²) in [5.41, 5.74) is 4.64. The average Bonchev–Trinajstić information content (AvgIpc) is 2.75. The summed E-state index contributed by atoms with van der Waals surface area (Å²) in [5, 5.41) is 2.97. The van der Waals surface area contributed by atoms with Gasteiger partial charge in [-0.05, 0) is 54.9 Å². The Morgan fingerprint density at radius 3 is 2.20 bits per heavy atom. The van der Waals surface area contributed by atoms with Crippen LogP contribution in [0.25, 0.3) is 0 Å². The zero-order valence-corrected chi connectivity index (χ0v) is 19.1. The van der Waals surface area contributed by atoms with Crippen LogP contribution in [0.15, 0.2) is 48.5 Å². The maximum atomic E-state index is 13.2. The number of amides is 2. The van der Waals surface area contributed by atoms with Crippen LogP contribution in [0.2, 0.25) is 0 Å². The molecule has 2 aromatic carbocycles. The summed E-state index contributed by atoms with van der Waals surface area (Å²) in [5.74, 6) is 0.274. The Kier molecular flexibility index (Phi) is 9.10. The summed E-state index contributed by atoms with van der Waals surface area (Å²) in [7, 11) is 0. The highest BCUT2D eigenvalue weighted by atomic mass is 16.2. The molecule has 0 saturated heterocycles. The summed E-state index contributed by atoms with van der Waals surface area (Å²) in [6, 6.07) is 15.9. The maximum Gasteiger partial charge on any atom is 0.242 e. The van der Waals surface area contributed by atoms with Gasteiger partial charge in [-0.1, -0.05) is 69.3 Å². The van der Waals surface area contributed by atoms with Crippen LogP contribution < -0.4 is 5.32 Å². The molecule has 2 amide bonds. The molecule has 30 heavy (non-hydrogen) atoms. The predicted octanol–water partition coefficient (Wildman–Crippen LogP) is 4.68. The third-order valence-electron chi connectivity index (χ3n) is 5.51. The van der Waals surface area contributed by atoms with Crippen LogP contribution in [0.4, 0.5) is 0 Å². The Morgan fingerprint density at radius 2 is 1.60 bits per heavy atom. The van der Waals surface area contributed by atoms with Crippen molar-refractivity contribution in [2.45, 2.75) is 66.5 Å². The fourth-order valence-corrected chi connectivity index (χ4v) is 3.34. The molecule has 0 fully saturated rings. The first-order valence-corrected chi connectivity index (χ1v) is 11.0. The first-order valence-electron chi connectivity index (χ1n) is 11.0. The molecular formula is C26H36N2O2. The Balaban J connectivity index is 2.12. The second-order valence-electron chi connectivity index (χ2n) is 8.43. The number of rotatable bonds is 10. The number of carbonyl (C=O) groups is 2. The van der Waals surface area contributed by atoms with Crippen molar-refractivity contribution in [3.63, 3.8) is 0 Å². The van der Waals surface area contributed by atoms with E-state index in [0.717, 1.165) is 23.1 Å². The highest BCUT2D eigenvalue weighted by Crippen LogP contribution is 2.16. The largest absolute Gasteiger partial charge is 0.354 e. The number of benzene rings is 2. The van der Waals surface area contributed by atoms with Gasteiger partial charge in [0.05, 0.1) is 0 Å². The summed E-state index contributed by atoms with van der Waals surface area (Å²) in [6.45, 7) is 11.2. The smallest absolute Gasteiger partial charge is 0.242 e. The summed E-state index contributed by atoms with van der Waals surface area (Å²) >= 11 is 0. The topological polar surface area (TPSA) is 49.4 Å². The van der Waals surface area contributed by atoms with E-state index in [2.05, 4.69) is 50.4 Å². The van der Waals surface area contributed by atoms with Gasteiger partial charge < -0.3 is 10.2 Å². The molecular weight excluding hydrogens is 372 g/mol. The zero-order valence-electron chi connectivity index (χ0n) is 19.1. The van der Waals surface area contributed by atoms with E-state index in [1.165, 1.54) is 5.56 Å². The predicted molar refractivity (Wildman–Crippen MR) is 123 cm³/mol. The van der Waals surface area contributed by atoms with Crippen LogP contribution in [0.1, 0.15) is 56.4 Å². The molecule has 0 aliphatic heterocycles. The molecule has 2 aromatic rings. The van der Waals surface area contributed by atoms with Crippen molar-refractivity contribution in [2.24, 2.45) is 5.92 Å². The van der Waals surface area contributed by atoms with Crippen molar-refractivity contribution in [1.29, 1.82) is 0 Å². The van der Waals surface area contributed by atoms with Crippen molar-refractivity contribution in [3.05, 3.63) is 70.8 Å². The van der Waals surface area contributed by atoms with Crippen LogP contribution >= 0.6 is 0 Å². The van der Waals surface area contributed by atoms with Crippen molar-refractivity contribution < 1.29 is 9.59 Å². The summed E-state index contributed by atoms with van der Waals surface area (Å²) < 4.78 is 0. The molecule has 0 saturated carbocycles. The monoisotopic (exact) mass is 408 g/mol. The summed E-state index contributed by atoms with van der Waals surface area (Å²) in [6.07, 6.45) is 2.07. The molecule has 0 spiro atoms. The number of aryl methyl sites for hydroxylation is 3. The second kappa shape index (κ2) is 11.5. The van der Waals surface area contributed by atoms with Crippen molar-refractivity contribution in [2.75, 3.05) is 6.54 Å². The Labute approximate surface area is 181 Å². The van der Waals surface area contributed by atoms with E-state index in [9.17, 15) is 9.59 Å². The fraction of sp³-hybridized carbons (Fsp3) is 0.462. The molecule has 0 aromatic heterocycles. The van der Waals surface area contributed by atoms with Crippen molar-refractivity contribution in [1.82, 2.24) is 10.2 Å². The number of hydrogen-bond donors (Lipinski definition) is 1. The van der Waals surface area contributed by atoms with Gasteiger partial charge in [0, 0.05) is 19.5 Å². The Morgan fingerprint density at radius 1 is 0.967 bits per heavy atom. The van der Waals surface area contributed by atoms with E-state index in [-0.39, 0.29) is 11.8 Å². The van der Waals surface area contributed by atoms with Crippen molar-refractivity contribution >= 4 is 11.8 Å². The highest BCUT2D eigenvalue weighted by molar-refractivity contribution is 5.87. The number of carbonyl (C=O) groups excluding carboxylic acids is 2. The molecule has 0 aliphatic carbocycles. The lowest BCUT2D eigenvalue weighted by molar-refractivity contribution is -0.140. The van der Waals surface area contributed by atoms with Gasteiger partial charge in [-0.3, -0.25) is 9.59 Å². The molecule has 0 radical (unpaired) electrons. The normalized spacial score (nSPS) is 11.9.